The Morgan fingerprint density at radius 1 is 0.967 bits per heavy atom. The van der Waals surface area contributed by atoms with E-state index in [1.807, 2.05) is 0 Å². The van der Waals surface area contributed by atoms with E-state index in [4.69, 9.17) is 4.99 Å². The van der Waals surface area contributed by atoms with Crippen LogP contribution < -0.4 is 10.6 Å². The lowest BCUT2D eigenvalue weighted by Gasteiger charge is -2.35. The molecular formula is C25H43N5. The van der Waals surface area contributed by atoms with Crippen LogP contribution in [0.25, 0.3) is 0 Å². The normalized spacial score (nSPS) is 20.3. The summed E-state index contributed by atoms with van der Waals surface area (Å²) >= 11 is 0. The van der Waals surface area contributed by atoms with E-state index in [9.17, 15) is 0 Å². The predicted molar refractivity (Wildman–Crippen MR) is 128 cm³/mol. The molecule has 1 aromatic carbocycles. The summed E-state index contributed by atoms with van der Waals surface area (Å²) in [5.74, 6) is 0.953. The van der Waals surface area contributed by atoms with Gasteiger partial charge in [-0.3, -0.25) is 4.90 Å². The van der Waals surface area contributed by atoms with Crippen molar-refractivity contribution >= 4 is 5.96 Å². The highest BCUT2D eigenvalue weighted by atomic mass is 15.2. The first-order chi connectivity index (χ1) is 14.6. The third kappa shape index (κ3) is 7.59. The minimum Gasteiger partial charge on any atom is -0.357 e. The van der Waals surface area contributed by atoms with Crippen LogP contribution in [0.3, 0.4) is 0 Å². The molecule has 0 bridgehead atoms. The first-order valence-electron chi connectivity index (χ1n) is 12.2. The van der Waals surface area contributed by atoms with Crippen molar-refractivity contribution in [1.29, 1.82) is 0 Å². The first kappa shape index (κ1) is 23.1. The Hall–Kier alpha value is -1.59. The third-order valence-electron chi connectivity index (χ3n) is 6.49. The van der Waals surface area contributed by atoms with E-state index in [2.05, 4.69) is 65.5 Å². The van der Waals surface area contributed by atoms with Crippen LogP contribution in [0.1, 0.15) is 70.4 Å². The highest BCUT2D eigenvalue weighted by molar-refractivity contribution is 5.80. The maximum atomic E-state index is 4.86. The fourth-order valence-electron chi connectivity index (χ4n) is 4.55. The van der Waals surface area contributed by atoms with Gasteiger partial charge in [0.2, 0.25) is 0 Å². The monoisotopic (exact) mass is 413 g/mol. The number of aliphatic imine (C=N–C) groups is 1. The first-order valence-corrected chi connectivity index (χ1v) is 12.2. The van der Waals surface area contributed by atoms with Gasteiger partial charge in [-0.05, 0) is 70.7 Å². The molecule has 0 amide bonds. The third-order valence-corrected chi connectivity index (χ3v) is 6.49. The molecule has 5 heteroatoms. The van der Waals surface area contributed by atoms with Crippen molar-refractivity contribution in [3.63, 3.8) is 0 Å². The smallest absolute Gasteiger partial charge is 0.191 e. The molecular weight excluding hydrogens is 370 g/mol. The van der Waals surface area contributed by atoms with Gasteiger partial charge in [0.05, 0.1) is 6.54 Å². The van der Waals surface area contributed by atoms with E-state index >= 15 is 0 Å². The number of nitrogens with one attached hydrogen (secondary N) is 2. The lowest BCUT2D eigenvalue weighted by atomic mass is 10.0. The Kier molecular flexibility index (Phi) is 9.47. The van der Waals surface area contributed by atoms with Crippen molar-refractivity contribution in [2.24, 2.45) is 4.99 Å². The molecule has 0 atom stereocenters. The predicted octanol–water partition coefficient (Wildman–Crippen LogP) is 3.99. The second-order valence-electron chi connectivity index (χ2n) is 9.25. The standard InChI is InChI=1S/C25H43N5/c1-4-26-25(28-24-13-17-30(18-14-24)21(2)3)27-19-22-9-11-23(12-10-22)20-29-15-7-5-6-8-16-29/h9-12,21,24H,4-8,13-20H2,1-3H3,(H2,26,27,28). The molecule has 5 nitrogen and oxygen atoms in total. The van der Waals surface area contributed by atoms with Gasteiger partial charge in [0.25, 0.3) is 0 Å². The van der Waals surface area contributed by atoms with Gasteiger partial charge < -0.3 is 15.5 Å². The van der Waals surface area contributed by atoms with Crippen molar-refractivity contribution in [3.8, 4) is 0 Å². The average Bonchev–Trinajstić information content (AvgIpc) is 3.02. The summed E-state index contributed by atoms with van der Waals surface area (Å²) in [6, 6.07) is 10.3. The van der Waals surface area contributed by atoms with Crippen LogP contribution in [0.2, 0.25) is 0 Å². The number of nitrogens with zero attached hydrogens (tertiary/aromatic N) is 3. The molecule has 168 valence electrons. The zero-order valence-electron chi connectivity index (χ0n) is 19.5. The molecule has 0 aromatic heterocycles. The van der Waals surface area contributed by atoms with E-state index in [1.165, 1.54) is 75.8 Å². The number of hydrogen-bond donors (Lipinski definition) is 2. The van der Waals surface area contributed by atoms with Gasteiger partial charge in [0.1, 0.15) is 0 Å². The van der Waals surface area contributed by atoms with Crippen LogP contribution in [0.5, 0.6) is 0 Å². The molecule has 0 unspecified atom stereocenters. The molecule has 0 aliphatic carbocycles. The highest BCUT2D eigenvalue weighted by Crippen LogP contribution is 2.15. The van der Waals surface area contributed by atoms with E-state index in [0.717, 1.165) is 25.6 Å². The van der Waals surface area contributed by atoms with Crippen LogP contribution in [-0.4, -0.2) is 60.6 Å². The Balaban J connectivity index is 1.49. The van der Waals surface area contributed by atoms with Crippen molar-refractivity contribution < 1.29 is 0 Å². The van der Waals surface area contributed by atoms with Gasteiger partial charge in [-0.15, -0.1) is 0 Å². The molecule has 2 heterocycles. The quantitative estimate of drug-likeness (QED) is 0.524. The summed E-state index contributed by atoms with van der Waals surface area (Å²) < 4.78 is 0. The van der Waals surface area contributed by atoms with E-state index < -0.39 is 0 Å². The largest absolute Gasteiger partial charge is 0.357 e. The fraction of sp³-hybridized carbons (Fsp3) is 0.720. The topological polar surface area (TPSA) is 42.9 Å². The fourth-order valence-corrected chi connectivity index (χ4v) is 4.55. The number of guanidine groups is 1. The molecule has 2 fully saturated rings. The number of likely N-dealkylation sites (tertiary alicyclic amines) is 2. The van der Waals surface area contributed by atoms with Crippen molar-refractivity contribution in [3.05, 3.63) is 35.4 Å². The molecule has 0 saturated carbocycles. The van der Waals surface area contributed by atoms with Crippen LogP contribution in [-0.2, 0) is 13.1 Å². The van der Waals surface area contributed by atoms with Gasteiger partial charge >= 0.3 is 0 Å². The molecule has 30 heavy (non-hydrogen) atoms. The number of piperidine rings is 1. The van der Waals surface area contributed by atoms with Crippen LogP contribution in [0, 0.1) is 0 Å². The molecule has 2 N–H and O–H groups in total. The van der Waals surface area contributed by atoms with Gasteiger partial charge in [0.15, 0.2) is 5.96 Å². The maximum absolute atomic E-state index is 4.86. The SMILES string of the molecule is CCNC(=NCc1ccc(CN2CCCCCC2)cc1)NC1CCN(C(C)C)CC1. The van der Waals surface area contributed by atoms with E-state index in [0.29, 0.717) is 12.1 Å². The summed E-state index contributed by atoms with van der Waals surface area (Å²) in [6.45, 7) is 14.3. The highest BCUT2D eigenvalue weighted by Gasteiger charge is 2.21. The summed E-state index contributed by atoms with van der Waals surface area (Å²) in [6.07, 6.45) is 7.87. The Morgan fingerprint density at radius 2 is 1.60 bits per heavy atom. The van der Waals surface area contributed by atoms with Gasteiger partial charge in [-0.2, -0.15) is 0 Å². The van der Waals surface area contributed by atoms with Crippen LogP contribution >= 0.6 is 0 Å². The molecule has 3 rings (SSSR count). The maximum Gasteiger partial charge on any atom is 0.191 e. The van der Waals surface area contributed by atoms with E-state index in [-0.39, 0.29) is 0 Å². The Labute approximate surface area is 184 Å². The summed E-state index contributed by atoms with van der Waals surface area (Å²) in [5, 5.41) is 7.09. The van der Waals surface area contributed by atoms with Gasteiger partial charge in [-0.25, -0.2) is 4.99 Å². The van der Waals surface area contributed by atoms with Crippen LogP contribution in [0.15, 0.2) is 29.3 Å². The van der Waals surface area contributed by atoms with Crippen LogP contribution in [0.4, 0.5) is 0 Å². The lowest BCUT2D eigenvalue weighted by molar-refractivity contribution is 0.167. The van der Waals surface area contributed by atoms with Crippen molar-refractivity contribution in [1.82, 2.24) is 20.4 Å². The molecule has 0 spiro atoms. The number of benzene rings is 1. The second kappa shape index (κ2) is 12.3. The van der Waals surface area contributed by atoms with Crippen molar-refractivity contribution in [2.45, 2.75) is 84.5 Å². The molecule has 0 radical (unpaired) electrons. The zero-order valence-corrected chi connectivity index (χ0v) is 19.5. The molecule has 2 aliphatic rings. The average molecular weight is 414 g/mol. The minimum atomic E-state index is 0.522. The minimum absolute atomic E-state index is 0.522. The van der Waals surface area contributed by atoms with Gasteiger partial charge in [-0.1, -0.05) is 37.1 Å². The Bertz CT molecular complexity index is 623. The molecule has 2 aliphatic heterocycles. The summed E-state index contributed by atoms with van der Waals surface area (Å²) in [4.78, 5) is 10.0. The zero-order chi connectivity index (χ0) is 21.2. The lowest BCUT2D eigenvalue weighted by Crippen LogP contribution is -2.49. The summed E-state index contributed by atoms with van der Waals surface area (Å²) in [7, 11) is 0. The Morgan fingerprint density at radius 3 is 2.20 bits per heavy atom. The van der Waals surface area contributed by atoms with Gasteiger partial charge in [0, 0.05) is 38.3 Å². The molecule has 2 saturated heterocycles. The van der Waals surface area contributed by atoms with E-state index in [1.54, 1.807) is 0 Å². The van der Waals surface area contributed by atoms with Crippen molar-refractivity contribution in [2.75, 3.05) is 32.7 Å². The number of hydrogen-bond acceptors (Lipinski definition) is 3. The molecule has 1 aromatic rings. The second-order valence-corrected chi connectivity index (χ2v) is 9.25. The summed E-state index contributed by atoms with van der Waals surface area (Å²) in [5.41, 5.74) is 2.70. The number of rotatable bonds is 7.